The summed E-state index contributed by atoms with van der Waals surface area (Å²) >= 11 is 3.34. The number of halogens is 1. The lowest BCUT2D eigenvalue weighted by Crippen LogP contribution is -2.11. The van der Waals surface area contributed by atoms with Crippen molar-refractivity contribution in [3.63, 3.8) is 0 Å². The van der Waals surface area contributed by atoms with Gasteiger partial charge in [0.05, 0.1) is 0 Å². The summed E-state index contributed by atoms with van der Waals surface area (Å²) in [6.07, 6.45) is 22.4. The van der Waals surface area contributed by atoms with Crippen LogP contribution in [0.4, 0.5) is 5.82 Å². The SMILES string of the molecule is CCCCCCCCCCCCCCCCCC(=O)Nc1ccc(Br)cn1. The lowest BCUT2D eigenvalue weighted by atomic mass is 10.0. The second kappa shape index (κ2) is 17.2. The number of hydrogen-bond donors (Lipinski definition) is 1. The minimum atomic E-state index is 0.0690. The van der Waals surface area contributed by atoms with Gasteiger partial charge >= 0.3 is 0 Å². The Morgan fingerprint density at radius 1 is 0.815 bits per heavy atom. The molecule has 0 unspecified atom stereocenters. The number of pyridine rings is 1. The van der Waals surface area contributed by atoms with E-state index in [2.05, 4.69) is 33.2 Å². The Morgan fingerprint density at radius 2 is 1.30 bits per heavy atom. The lowest BCUT2D eigenvalue weighted by Gasteiger charge is -2.05. The van der Waals surface area contributed by atoms with E-state index in [4.69, 9.17) is 0 Å². The molecule has 0 aliphatic rings. The molecule has 0 bridgehead atoms. The molecule has 0 fully saturated rings. The van der Waals surface area contributed by atoms with Crippen molar-refractivity contribution in [1.29, 1.82) is 0 Å². The maximum atomic E-state index is 11.9. The van der Waals surface area contributed by atoms with Crippen molar-refractivity contribution in [2.24, 2.45) is 0 Å². The molecule has 1 heterocycles. The number of nitrogens with zero attached hydrogens (tertiary/aromatic N) is 1. The molecular weight excluding hydrogens is 400 g/mol. The van der Waals surface area contributed by atoms with Gasteiger partial charge in [0, 0.05) is 17.1 Å². The first kappa shape index (κ1) is 24.1. The van der Waals surface area contributed by atoms with Gasteiger partial charge in [0.1, 0.15) is 5.82 Å². The monoisotopic (exact) mass is 438 g/mol. The molecule has 1 rings (SSSR count). The zero-order chi connectivity index (χ0) is 19.6. The second-order valence-electron chi connectivity index (χ2n) is 7.61. The molecule has 3 nitrogen and oxygen atoms in total. The molecule has 0 atom stereocenters. The Bertz CT molecular complexity index is 476. The molecule has 154 valence electrons. The Kier molecular flexibility index (Phi) is 15.4. The van der Waals surface area contributed by atoms with Gasteiger partial charge < -0.3 is 5.32 Å². The van der Waals surface area contributed by atoms with E-state index in [1.165, 1.54) is 83.5 Å². The van der Waals surface area contributed by atoms with Crippen molar-refractivity contribution in [3.8, 4) is 0 Å². The van der Waals surface area contributed by atoms with Crippen LogP contribution in [0.3, 0.4) is 0 Å². The first-order valence-corrected chi connectivity index (χ1v) is 11.9. The molecule has 1 aromatic rings. The third kappa shape index (κ3) is 14.8. The van der Waals surface area contributed by atoms with Crippen molar-refractivity contribution in [3.05, 3.63) is 22.8 Å². The standard InChI is InChI=1S/C23H39BrN2O/c1-2-3-4-5-6-7-8-9-10-11-12-13-14-15-16-17-23(27)26-22-19-18-21(24)20-25-22/h18-20H,2-17H2,1H3,(H,25,26,27). The summed E-state index contributed by atoms with van der Waals surface area (Å²) in [6, 6.07) is 3.70. The van der Waals surface area contributed by atoms with Gasteiger partial charge in [0.15, 0.2) is 0 Å². The molecule has 0 aliphatic heterocycles. The Hall–Kier alpha value is -0.900. The summed E-state index contributed by atoms with van der Waals surface area (Å²) in [5.41, 5.74) is 0. The first-order valence-electron chi connectivity index (χ1n) is 11.1. The summed E-state index contributed by atoms with van der Waals surface area (Å²) in [7, 11) is 0. The molecule has 1 amide bonds. The van der Waals surface area contributed by atoms with Crippen LogP contribution in [0.15, 0.2) is 22.8 Å². The molecule has 0 saturated carbocycles. The fourth-order valence-electron chi connectivity index (χ4n) is 3.31. The van der Waals surface area contributed by atoms with Gasteiger partial charge in [-0.25, -0.2) is 4.98 Å². The van der Waals surface area contributed by atoms with E-state index in [1.807, 2.05) is 12.1 Å². The summed E-state index contributed by atoms with van der Waals surface area (Å²) < 4.78 is 0.919. The molecule has 0 spiro atoms. The van der Waals surface area contributed by atoms with Gasteiger partial charge in [-0.3, -0.25) is 4.79 Å². The topological polar surface area (TPSA) is 42.0 Å². The third-order valence-electron chi connectivity index (χ3n) is 5.00. The van der Waals surface area contributed by atoms with Gasteiger partial charge in [0.25, 0.3) is 0 Å². The second-order valence-corrected chi connectivity index (χ2v) is 8.53. The lowest BCUT2D eigenvalue weighted by molar-refractivity contribution is -0.116. The highest BCUT2D eigenvalue weighted by Gasteiger charge is 2.03. The number of carbonyl (C=O) groups excluding carboxylic acids is 1. The number of hydrogen-bond acceptors (Lipinski definition) is 2. The van der Waals surface area contributed by atoms with Gasteiger partial charge in [0.2, 0.25) is 5.91 Å². The Labute approximate surface area is 175 Å². The normalized spacial score (nSPS) is 10.9. The van der Waals surface area contributed by atoms with Crippen LogP contribution in [0.2, 0.25) is 0 Å². The van der Waals surface area contributed by atoms with Gasteiger partial charge in [-0.15, -0.1) is 0 Å². The van der Waals surface area contributed by atoms with Gasteiger partial charge in [-0.2, -0.15) is 0 Å². The fourth-order valence-corrected chi connectivity index (χ4v) is 3.55. The summed E-state index contributed by atoms with van der Waals surface area (Å²) in [5.74, 6) is 0.698. The van der Waals surface area contributed by atoms with Crippen LogP contribution in [0.5, 0.6) is 0 Å². The van der Waals surface area contributed by atoms with Crippen LogP contribution in [-0.2, 0) is 4.79 Å². The van der Waals surface area contributed by atoms with E-state index in [0.29, 0.717) is 12.2 Å². The maximum Gasteiger partial charge on any atom is 0.225 e. The van der Waals surface area contributed by atoms with E-state index in [0.717, 1.165) is 17.3 Å². The quantitative estimate of drug-likeness (QED) is 0.250. The van der Waals surface area contributed by atoms with Crippen molar-refractivity contribution in [1.82, 2.24) is 4.98 Å². The van der Waals surface area contributed by atoms with Gasteiger partial charge in [-0.05, 0) is 34.5 Å². The summed E-state index contributed by atoms with van der Waals surface area (Å²) in [5, 5.41) is 2.85. The highest BCUT2D eigenvalue weighted by Crippen LogP contribution is 2.14. The van der Waals surface area contributed by atoms with E-state index < -0.39 is 0 Å². The number of rotatable bonds is 17. The average molecular weight is 439 g/mol. The maximum absolute atomic E-state index is 11.9. The molecule has 0 aromatic carbocycles. The number of aromatic nitrogens is 1. The molecule has 0 saturated heterocycles. The van der Waals surface area contributed by atoms with Crippen LogP contribution in [0.1, 0.15) is 110 Å². The van der Waals surface area contributed by atoms with Crippen molar-refractivity contribution < 1.29 is 4.79 Å². The van der Waals surface area contributed by atoms with E-state index in [-0.39, 0.29) is 5.91 Å². The number of amides is 1. The molecule has 0 aliphatic carbocycles. The number of anilines is 1. The predicted molar refractivity (Wildman–Crippen MR) is 120 cm³/mol. The number of carbonyl (C=O) groups is 1. The highest BCUT2D eigenvalue weighted by molar-refractivity contribution is 9.10. The fraction of sp³-hybridized carbons (Fsp3) is 0.739. The summed E-state index contributed by atoms with van der Waals surface area (Å²) in [4.78, 5) is 16.0. The van der Waals surface area contributed by atoms with Crippen LogP contribution in [0, 0.1) is 0 Å². The molecule has 27 heavy (non-hydrogen) atoms. The van der Waals surface area contributed by atoms with Crippen molar-refractivity contribution >= 4 is 27.7 Å². The minimum absolute atomic E-state index is 0.0690. The van der Waals surface area contributed by atoms with Crippen LogP contribution >= 0.6 is 15.9 Å². The number of nitrogens with one attached hydrogen (secondary N) is 1. The van der Waals surface area contributed by atoms with Crippen LogP contribution in [0.25, 0.3) is 0 Å². The van der Waals surface area contributed by atoms with Crippen LogP contribution in [-0.4, -0.2) is 10.9 Å². The van der Waals surface area contributed by atoms with Crippen molar-refractivity contribution in [2.45, 2.75) is 110 Å². The summed E-state index contributed by atoms with van der Waals surface area (Å²) in [6.45, 7) is 2.28. The molecule has 0 radical (unpaired) electrons. The number of unbranched alkanes of at least 4 members (excludes halogenated alkanes) is 14. The average Bonchev–Trinajstić information content (AvgIpc) is 2.66. The van der Waals surface area contributed by atoms with Crippen molar-refractivity contribution in [2.75, 3.05) is 5.32 Å². The molecule has 1 aromatic heterocycles. The third-order valence-corrected chi connectivity index (χ3v) is 5.47. The van der Waals surface area contributed by atoms with E-state index in [1.54, 1.807) is 6.20 Å². The van der Waals surface area contributed by atoms with E-state index >= 15 is 0 Å². The zero-order valence-corrected chi connectivity index (χ0v) is 18.9. The highest BCUT2D eigenvalue weighted by atomic mass is 79.9. The van der Waals surface area contributed by atoms with E-state index in [9.17, 15) is 4.79 Å². The Morgan fingerprint density at radius 3 is 1.74 bits per heavy atom. The van der Waals surface area contributed by atoms with Gasteiger partial charge in [-0.1, -0.05) is 96.8 Å². The molecule has 1 N–H and O–H groups in total. The first-order chi connectivity index (χ1) is 13.2. The molecular formula is C23H39BrN2O. The zero-order valence-electron chi connectivity index (χ0n) is 17.3. The predicted octanol–water partition coefficient (Wildman–Crippen LogP) is 8.04. The Balaban J connectivity index is 1.81. The smallest absolute Gasteiger partial charge is 0.225 e. The molecule has 4 heteroatoms. The largest absolute Gasteiger partial charge is 0.311 e. The van der Waals surface area contributed by atoms with Crippen LogP contribution < -0.4 is 5.32 Å². The minimum Gasteiger partial charge on any atom is -0.311 e.